The minimum atomic E-state index is -0.401. The minimum Gasteiger partial charge on any atom is -0.476 e. The van der Waals surface area contributed by atoms with Gasteiger partial charge in [-0.3, -0.25) is 19.8 Å². The van der Waals surface area contributed by atoms with Gasteiger partial charge in [0.2, 0.25) is 11.8 Å². The van der Waals surface area contributed by atoms with Gasteiger partial charge in [-0.25, -0.2) is 9.67 Å². The average Bonchev–Trinajstić information content (AvgIpc) is 3.39. The second-order valence-electron chi connectivity index (χ2n) is 9.79. The van der Waals surface area contributed by atoms with E-state index in [2.05, 4.69) is 40.7 Å². The van der Waals surface area contributed by atoms with Crippen molar-refractivity contribution in [2.75, 3.05) is 31.6 Å². The second-order valence-corrected chi connectivity index (χ2v) is 9.79. The van der Waals surface area contributed by atoms with E-state index in [1.165, 1.54) is 10.8 Å². The van der Waals surface area contributed by atoms with Crippen LogP contribution in [0, 0.1) is 0 Å². The van der Waals surface area contributed by atoms with Crippen molar-refractivity contribution >= 4 is 22.9 Å². The summed E-state index contributed by atoms with van der Waals surface area (Å²) in [6.07, 6.45) is 3.14. The van der Waals surface area contributed by atoms with Crippen molar-refractivity contribution in [3.05, 3.63) is 58.6 Å². The Morgan fingerprint density at radius 3 is 2.69 bits per heavy atom. The molecule has 36 heavy (non-hydrogen) atoms. The minimum absolute atomic E-state index is 0.239. The van der Waals surface area contributed by atoms with E-state index in [4.69, 9.17) is 9.72 Å². The SMILES string of the molecule is CCN1CCOc2c(cnn2C)-c2cc(cn(C)c2=O)C(=O)Nc2nc3ccccc3n2C(C)(C)C1. The number of anilines is 1. The second kappa shape index (κ2) is 8.94. The van der Waals surface area contributed by atoms with Gasteiger partial charge in [-0.1, -0.05) is 19.1 Å². The first-order chi connectivity index (χ1) is 17.2. The smallest absolute Gasteiger partial charge is 0.259 e. The zero-order valence-corrected chi connectivity index (χ0v) is 21.3. The Balaban J connectivity index is 1.70. The first kappa shape index (κ1) is 23.8. The number of ether oxygens (including phenoxy) is 1. The van der Waals surface area contributed by atoms with Crippen molar-refractivity contribution in [1.29, 1.82) is 0 Å². The summed E-state index contributed by atoms with van der Waals surface area (Å²) in [5, 5.41) is 7.34. The summed E-state index contributed by atoms with van der Waals surface area (Å²) in [5.41, 5.74) is 2.34. The summed E-state index contributed by atoms with van der Waals surface area (Å²) in [6, 6.07) is 9.46. The molecular weight excluding hydrogens is 458 g/mol. The number of nitrogens with zero attached hydrogens (tertiary/aromatic N) is 6. The van der Waals surface area contributed by atoms with Gasteiger partial charge in [0.05, 0.1) is 39.5 Å². The topological polar surface area (TPSA) is 99.2 Å². The number of amides is 1. The monoisotopic (exact) mass is 489 g/mol. The summed E-state index contributed by atoms with van der Waals surface area (Å²) in [7, 11) is 3.41. The van der Waals surface area contributed by atoms with E-state index in [1.807, 2.05) is 24.3 Å². The lowest BCUT2D eigenvalue weighted by atomic mass is 10.0. The molecule has 1 aromatic carbocycles. The van der Waals surface area contributed by atoms with Crippen molar-refractivity contribution in [2.45, 2.75) is 26.3 Å². The molecule has 188 valence electrons. The number of aromatic nitrogens is 5. The Morgan fingerprint density at radius 1 is 1.14 bits per heavy atom. The number of para-hydroxylation sites is 2. The van der Waals surface area contributed by atoms with Crippen LogP contribution in [0.4, 0.5) is 5.95 Å². The highest BCUT2D eigenvalue weighted by Crippen LogP contribution is 2.31. The van der Waals surface area contributed by atoms with Crippen LogP contribution in [0.1, 0.15) is 31.1 Å². The van der Waals surface area contributed by atoms with Gasteiger partial charge >= 0.3 is 0 Å². The summed E-state index contributed by atoms with van der Waals surface area (Å²) in [6.45, 7) is 9.03. The van der Waals surface area contributed by atoms with Crippen LogP contribution in [0.2, 0.25) is 0 Å². The maximum atomic E-state index is 13.5. The van der Waals surface area contributed by atoms with Crippen LogP contribution in [-0.2, 0) is 19.6 Å². The lowest BCUT2D eigenvalue weighted by molar-refractivity contribution is 0.102. The lowest BCUT2D eigenvalue weighted by Crippen LogP contribution is -2.43. The molecule has 0 unspecified atom stereocenters. The third kappa shape index (κ3) is 4.07. The van der Waals surface area contributed by atoms with Gasteiger partial charge in [0.15, 0.2) is 0 Å². The highest BCUT2D eigenvalue weighted by Gasteiger charge is 2.30. The molecule has 10 heteroatoms. The summed E-state index contributed by atoms with van der Waals surface area (Å²) in [5.74, 6) is 0.604. The lowest BCUT2D eigenvalue weighted by Gasteiger charge is -2.34. The van der Waals surface area contributed by atoms with Gasteiger partial charge in [-0.05, 0) is 38.6 Å². The third-order valence-corrected chi connectivity index (χ3v) is 6.72. The molecule has 4 aromatic rings. The van der Waals surface area contributed by atoms with Crippen LogP contribution in [0.15, 0.2) is 47.5 Å². The van der Waals surface area contributed by atoms with Crippen LogP contribution < -0.4 is 15.6 Å². The van der Waals surface area contributed by atoms with E-state index >= 15 is 0 Å². The molecule has 0 radical (unpaired) electrons. The van der Waals surface area contributed by atoms with Crippen LogP contribution in [0.25, 0.3) is 22.2 Å². The van der Waals surface area contributed by atoms with Gasteiger partial charge in [0.1, 0.15) is 6.61 Å². The van der Waals surface area contributed by atoms with Gasteiger partial charge in [0.25, 0.3) is 11.5 Å². The predicted octanol–water partition coefficient (Wildman–Crippen LogP) is 2.84. The summed E-state index contributed by atoms with van der Waals surface area (Å²) < 4.78 is 11.3. The summed E-state index contributed by atoms with van der Waals surface area (Å²) >= 11 is 0. The van der Waals surface area contributed by atoms with E-state index < -0.39 is 5.54 Å². The van der Waals surface area contributed by atoms with Crippen molar-refractivity contribution in [3.63, 3.8) is 0 Å². The van der Waals surface area contributed by atoms with Gasteiger partial charge in [0, 0.05) is 33.4 Å². The van der Waals surface area contributed by atoms with Crippen molar-refractivity contribution in [1.82, 2.24) is 28.8 Å². The fourth-order valence-corrected chi connectivity index (χ4v) is 4.95. The number of fused-ring (bicyclic) bond motifs is 7. The number of nitrogens with one attached hydrogen (secondary N) is 1. The van der Waals surface area contributed by atoms with Crippen molar-refractivity contribution < 1.29 is 9.53 Å². The fraction of sp³-hybridized carbons (Fsp3) is 0.385. The fourth-order valence-electron chi connectivity index (χ4n) is 4.95. The highest BCUT2D eigenvalue weighted by atomic mass is 16.5. The van der Waals surface area contributed by atoms with Crippen LogP contribution in [0.5, 0.6) is 5.88 Å². The molecule has 10 nitrogen and oxygen atoms in total. The van der Waals surface area contributed by atoms with Crippen LogP contribution in [0.3, 0.4) is 0 Å². The number of likely N-dealkylation sites (N-methyl/N-ethyl adjacent to an activating group) is 1. The molecule has 0 spiro atoms. The Hall–Kier alpha value is -3.92. The first-order valence-corrected chi connectivity index (χ1v) is 12.1. The molecule has 1 aliphatic heterocycles. The molecule has 4 heterocycles. The Bertz CT molecular complexity index is 1510. The average molecular weight is 490 g/mol. The van der Waals surface area contributed by atoms with E-state index in [9.17, 15) is 9.59 Å². The van der Waals surface area contributed by atoms with Crippen molar-refractivity contribution in [2.24, 2.45) is 14.1 Å². The van der Waals surface area contributed by atoms with E-state index in [1.54, 1.807) is 31.0 Å². The number of benzene rings is 1. The maximum absolute atomic E-state index is 13.5. The molecule has 5 rings (SSSR count). The van der Waals surface area contributed by atoms with Crippen LogP contribution in [-0.4, -0.2) is 60.9 Å². The molecular formula is C26H31N7O3. The molecule has 1 amide bonds. The number of hydrogen-bond donors (Lipinski definition) is 1. The zero-order valence-electron chi connectivity index (χ0n) is 21.3. The predicted molar refractivity (Wildman–Crippen MR) is 139 cm³/mol. The Morgan fingerprint density at radius 2 is 1.92 bits per heavy atom. The normalized spacial score (nSPS) is 16.4. The number of aryl methyl sites for hydroxylation is 2. The molecule has 1 aliphatic rings. The summed E-state index contributed by atoms with van der Waals surface area (Å²) in [4.78, 5) is 33.7. The number of carbonyl (C=O) groups excluding carboxylic acids is 1. The maximum Gasteiger partial charge on any atom is 0.259 e. The van der Waals surface area contributed by atoms with E-state index in [-0.39, 0.29) is 11.5 Å². The molecule has 0 fully saturated rings. The zero-order chi connectivity index (χ0) is 25.6. The van der Waals surface area contributed by atoms with E-state index in [0.29, 0.717) is 48.2 Å². The molecule has 1 N–H and O–H groups in total. The van der Waals surface area contributed by atoms with Crippen LogP contribution >= 0.6 is 0 Å². The van der Waals surface area contributed by atoms with Crippen molar-refractivity contribution in [3.8, 4) is 17.0 Å². The van der Waals surface area contributed by atoms with Gasteiger partial charge < -0.3 is 13.9 Å². The third-order valence-electron chi connectivity index (χ3n) is 6.72. The number of rotatable bonds is 1. The van der Waals surface area contributed by atoms with Gasteiger partial charge in [-0.15, -0.1) is 0 Å². The molecule has 0 saturated heterocycles. The molecule has 0 saturated carbocycles. The Labute approximate surface area is 209 Å². The molecule has 2 bridgehead atoms. The number of pyridine rings is 1. The molecule has 0 atom stereocenters. The Kier molecular flexibility index (Phi) is 5.91. The molecule has 0 aliphatic carbocycles. The quantitative estimate of drug-likeness (QED) is 0.442. The van der Waals surface area contributed by atoms with E-state index in [0.717, 1.165) is 17.6 Å². The first-order valence-electron chi connectivity index (χ1n) is 12.1. The highest BCUT2D eigenvalue weighted by molar-refractivity contribution is 6.04. The standard InChI is InChI=1S/C26H31N7O3/c1-6-32-11-12-36-24-19(14-27-31(24)5)18-13-17(15-30(4)23(18)35)22(34)29-25-28-20-9-7-8-10-21(20)33(25)26(2,3)16-32/h7-10,13-15H,6,11-12,16H2,1-5H3,(H,28,29,34). The number of carbonyl (C=O) groups is 1. The molecule has 3 aromatic heterocycles. The number of imidazole rings is 1. The number of hydrogen-bond acceptors (Lipinski definition) is 6. The van der Waals surface area contributed by atoms with Gasteiger partial charge in [-0.2, -0.15) is 5.10 Å². The largest absolute Gasteiger partial charge is 0.476 e.